The lowest BCUT2D eigenvalue weighted by Gasteiger charge is -2.28. The summed E-state index contributed by atoms with van der Waals surface area (Å²) in [5.74, 6) is 0. The van der Waals surface area contributed by atoms with Gasteiger partial charge in [-0.1, -0.05) is 21.5 Å². The first kappa shape index (κ1) is 10.8. The fourth-order valence-corrected chi connectivity index (χ4v) is 3.74. The SMILES string of the molecule is CN1CCn2c3c(c4cccc1c42)CN(P)CC3. The molecule has 0 bridgehead atoms. The predicted molar refractivity (Wildman–Crippen MR) is 79.0 cm³/mol. The van der Waals surface area contributed by atoms with Crippen LogP contribution >= 0.6 is 9.39 Å². The molecule has 2 aliphatic heterocycles. The first-order valence-electron chi connectivity index (χ1n) is 6.59. The quantitative estimate of drug-likeness (QED) is 0.672. The Kier molecular flexibility index (Phi) is 2.24. The highest BCUT2D eigenvalue weighted by molar-refractivity contribution is 7.13. The second kappa shape index (κ2) is 3.72. The van der Waals surface area contributed by atoms with E-state index in [1.54, 1.807) is 11.3 Å². The molecule has 3 nitrogen and oxygen atoms in total. The zero-order chi connectivity index (χ0) is 12.3. The largest absolute Gasteiger partial charge is 0.371 e. The minimum absolute atomic E-state index is 1.07. The molecule has 1 unspecified atom stereocenters. The molecule has 0 spiro atoms. The van der Waals surface area contributed by atoms with Crippen LogP contribution in [0.1, 0.15) is 11.3 Å². The molecule has 1 aromatic heterocycles. The number of hydrogen-bond donors (Lipinski definition) is 0. The van der Waals surface area contributed by atoms with Crippen LogP contribution in [0.15, 0.2) is 18.2 Å². The van der Waals surface area contributed by atoms with Gasteiger partial charge in [-0.3, -0.25) is 4.67 Å². The highest BCUT2D eigenvalue weighted by atomic mass is 31.0. The summed E-state index contributed by atoms with van der Waals surface area (Å²) in [6, 6.07) is 6.74. The van der Waals surface area contributed by atoms with E-state index < -0.39 is 0 Å². The number of para-hydroxylation sites is 1. The minimum Gasteiger partial charge on any atom is -0.371 e. The summed E-state index contributed by atoms with van der Waals surface area (Å²) < 4.78 is 4.91. The van der Waals surface area contributed by atoms with E-state index in [1.807, 2.05) is 0 Å². The normalized spacial score (nSPS) is 19.3. The molecule has 3 heterocycles. The van der Waals surface area contributed by atoms with Crippen molar-refractivity contribution in [3.8, 4) is 0 Å². The Labute approximate surface area is 110 Å². The van der Waals surface area contributed by atoms with Gasteiger partial charge in [0.05, 0.1) is 11.2 Å². The standard InChI is InChI=1S/C14H18N3P/c1-15-7-8-17-12-5-6-16(18)9-11(12)10-3-2-4-13(15)14(10)17/h2-4H,5-9,18H2,1H3. The van der Waals surface area contributed by atoms with E-state index in [0.29, 0.717) is 0 Å². The average molecular weight is 259 g/mol. The van der Waals surface area contributed by atoms with Crippen molar-refractivity contribution in [2.45, 2.75) is 19.5 Å². The molecule has 94 valence electrons. The third kappa shape index (κ3) is 1.32. The summed E-state index contributed by atoms with van der Waals surface area (Å²) in [5.41, 5.74) is 5.97. The number of nitrogens with zero attached hydrogens (tertiary/aromatic N) is 3. The first-order chi connectivity index (χ1) is 8.75. The number of hydrogen-bond acceptors (Lipinski definition) is 2. The van der Waals surface area contributed by atoms with Gasteiger partial charge in [-0.05, 0) is 11.6 Å². The van der Waals surface area contributed by atoms with Crippen molar-refractivity contribution in [1.82, 2.24) is 9.24 Å². The molecular formula is C14H18N3P. The third-order valence-electron chi connectivity index (χ3n) is 4.35. The van der Waals surface area contributed by atoms with Crippen molar-refractivity contribution in [2.24, 2.45) is 0 Å². The molecular weight excluding hydrogens is 241 g/mol. The number of rotatable bonds is 0. The molecule has 0 amide bonds. The molecule has 0 N–H and O–H groups in total. The van der Waals surface area contributed by atoms with Gasteiger partial charge in [-0.2, -0.15) is 0 Å². The molecule has 0 saturated heterocycles. The Bertz CT molecular complexity index is 631. The molecule has 2 aromatic rings. The van der Waals surface area contributed by atoms with E-state index in [-0.39, 0.29) is 0 Å². The topological polar surface area (TPSA) is 11.4 Å². The summed E-state index contributed by atoms with van der Waals surface area (Å²) in [5, 5.41) is 1.46. The Morgan fingerprint density at radius 2 is 2.06 bits per heavy atom. The van der Waals surface area contributed by atoms with Gasteiger partial charge in [0.15, 0.2) is 0 Å². The average Bonchev–Trinajstić information content (AvgIpc) is 2.69. The maximum atomic E-state index is 2.85. The van der Waals surface area contributed by atoms with Crippen LogP contribution in [0.2, 0.25) is 0 Å². The van der Waals surface area contributed by atoms with Crippen molar-refractivity contribution in [3.63, 3.8) is 0 Å². The number of anilines is 1. The van der Waals surface area contributed by atoms with Crippen LogP contribution in [0.3, 0.4) is 0 Å². The maximum absolute atomic E-state index is 2.85. The van der Waals surface area contributed by atoms with Crippen LogP contribution in [0, 0.1) is 0 Å². The third-order valence-corrected chi connectivity index (χ3v) is 4.79. The highest BCUT2D eigenvalue weighted by Crippen LogP contribution is 2.38. The highest BCUT2D eigenvalue weighted by Gasteiger charge is 2.26. The zero-order valence-corrected chi connectivity index (χ0v) is 11.8. The maximum Gasteiger partial charge on any atom is 0.0724 e. The fraction of sp³-hybridized carbons (Fsp3) is 0.429. The molecule has 1 atom stereocenters. The fourth-order valence-electron chi connectivity index (χ4n) is 3.43. The summed E-state index contributed by atoms with van der Waals surface area (Å²) in [4.78, 5) is 2.38. The number of likely N-dealkylation sites (N-methyl/N-ethyl adjacent to an activating group) is 1. The van der Waals surface area contributed by atoms with E-state index in [9.17, 15) is 0 Å². The molecule has 18 heavy (non-hydrogen) atoms. The molecule has 1 aromatic carbocycles. The van der Waals surface area contributed by atoms with E-state index in [2.05, 4.69) is 48.8 Å². The van der Waals surface area contributed by atoms with E-state index >= 15 is 0 Å². The lowest BCUT2D eigenvalue weighted by Crippen LogP contribution is -2.29. The van der Waals surface area contributed by atoms with Gasteiger partial charge in [0, 0.05) is 50.7 Å². The summed E-state index contributed by atoms with van der Waals surface area (Å²) >= 11 is 0. The minimum atomic E-state index is 1.07. The summed E-state index contributed by atoms with van der Waals surface area (Å²) in [7, 11) is 5.05. The Morgan fingerprint density at radius 1 is 1.17 bits per heavy atom. The summed E-state index contributed by atoms with van der Waals surface area (Å²) in [6.07, 6.45) is 1.18. The van der Waals surface area contributed by atoms with E-state index in [0.717, 1.165) is 26.2 Å². The van der Waals surface area contributed by atoms with Crippen LogP contribution in [-0.4, -0.2) is 29.4 Å². The molecule has 0 radical (unpaired) electrons. The van der Waals surface area contributed by atoms with Gasteiger partial charge >= 0.3 is 0 Å². The van der Waals surface area contributed by atoms with Gasteiger partial charge in [0.2, 0.25) is 0 Å². The van der Waals surface area contributed by atoms with Crippen molar-refractivity contribution < 1.29 is 0 Å². The van der Waals surface area contributed by atoms with Crippen molar-refractivity contribution >= 4 is 26.0 Å². The Hall–Kier alpha value is -1.05. The van der Waals surface area contributed by atoms with Gasteiger partial charge in [-0.25, -0.2) is 0 Å². The molecule has 0 fully saturated rings. The Balaban J connectivity index is 2.08. The van der Waals surface area contributed by atoms with Crippen molar-refractivity contribution in [3.05, 3.63) is 29.5 Å². The van der Waals surface area contributed by atoms with E-state index in [4.69, 9.17) is 0 Å². The predicted octanol–water partition coefficient (Wildman–Crippen LogP) is 2.24. The lowest BCUT2D eigenvalue weighted by atomic mass is 10.1. The van der Waals surface area contributed by atoms with Crippen LogP contribution in [-0.2, 0) is 19.5 Å². The van der Waals surface area contributed by atoms with Crippen molar-refractivity contribution in [2.75, 3.05) is 25.0 Å². The lowest BCUT2D eigenvalue weighted by molar-refractivity contribution is 0.433. The van der Waals surface area contributed by atoms with Gasteiger partial charge < -0.3 is 9.47 Å². The zero-order valence-electron chi connectivity index (χ0n) is 10.7. The number of aromatic nitrogens is 1. The van der Waals surface area contributed by atoms with Crippen LogP contribution < -0.4 is 4.90 Å². The van der Waals surface area contributed by atoms with Crippen LogP contribution in [0.25, 0.3) is 10.9 Å². The second-order valence-electron chi connectivity index (χ2n) is 5.39. The summed E-state index contributed by atoms with van der Waals surface area (Å²) in [6.45, 7) is 4.48. The molecule has 0 aliphatic carbocycles. The van der Waals surface area contributed by atoms with Gasteiger partial charge in [-0.15, -0.1) is 0 Å². The Morgan fingerprint density at radius 3 is 2.94 bits per heavy atom. The number of benzene rings is 1. The van der Waals surface area contributed by atoms with Crippen LogP contribution in [0.4, 0.5) is 5.69 Å². The molecule has 2 aliphatic rings. The molecule has 4 heteroatoms. The molecule has 4 rings (SSSR count). The molecule has 0 saturated carbocycles. The number of fused-ring (bicyclic) bond motifs is 3. The van der Waals surface area contributed by atoms with E-state index in [1.165, 1.54) is 23.0 Å². The van der Waals surface area contributed by atoms with Gasteiger partial charge in [0.1, 0.15) is 0 Å². The smallest absolute Gasteiger partial charge is 0.0724 e. The first-order valence-corrected chi connectivity index (χ1v) is 7.11. The second-order valence-corrected chi connectivity index (χ2v) is 6.12. The van der Waals surface area contributed by atoms with Crippen LogP contribution in [0.5, 0.6) is 0 Å². The van der Waals surface area contributed by atoms with Gasteiger partial charge in [0.25, 0.3) is 0 Å². The monoisotopic (exact) mass is 259 g/mol. The van der Waals surface area contributed by atoms with Crippen molar-refractivity contribution in [1.29, 1.82) is 0 Å².